The van der Waals surface area contributed by atoms with Crippen LogP contribution in [0.2, 0.25) is 0 Å². The van der Waals surface area contributed by atoms with Crippen LogP contribution in [0.1, 0.15) is 41.5 Å². The average Bonchev–Trinajstić information content (AvgIpc) is 2.45. The highest BCUT2D eigenvalue weighted by Gasteiger charge is 2.56. The van der Waals surface area contributed by atoms with Crippen LogP contribution in [0.3, 0.4) is 0 Å². The number of hydrogen-bond acceptors (Lipinski definition) is 3. The molecule has 0 aliphatic heterocycles. The summed E-state index contributed by atoms with van der Waals surface area (Å²) >= 11 is 0. The summed E-state index contributed by atoms with van der Waals surface area (Å²) in [4.78, 5) is 25.1. The SMILES string of the molecule is CC=CC(C=CC)(C(=O)O)C(C=CC)(C=CC)C(=O)OC(C)C. The molecule has 0 atom stereocenters. The third-order valence-electron chi connectivity index (χ3n) is 3.44. The molecule has 0 aromatic rings. The Kier molecular flexibility index (Phi) is 8.30. The van der Waals surface area contributed by atoms with Crippen LogP contribution in [0, 0.1) is 10.8 Å². The monoisotopic (exact) mass is 320 g/mol. The Balaban J connectivity index is 6.79. The summed E-state index contributed by atoms with van der Waals surface area (Å²) in [6.45, 7) is 10.4. The van der Waals surface area contributed by atoms with Gasteiger partial charge in [0.15, 0.2) is 0 Å². The summed E-state index contributed by atoms with van der Waals surface area (Å²) in [5, 5.41) is 9.98. The molecule has 23 heavy (non-hydrogen) atoms. The van der Waals surface area contributed by atoms with Gasteiger partial charge in [-0.3, -0.25) is 9.59 Å². The van der Waals surface area contributed by atoms with Crippen LogP contribution in [0.15, 0.2) is 48.6 Å². The van der Waals surface area contributed by atoms with E-state index in [1.807, 2.05) is 0 Å². The highest BCUT2D eigenvalue weighted by atomic mass is 16.5. The van der Waals surface area contributed by atoms with E-state index in [0.717, 1.165) is 0 Å². The Bertz CT molecular complexity index is 497. The Labute approximate surface area is 139 Å². The molecule has 0 aromatic carbocycles. The normalized spacial score (nSPS) is 18.0. The molecule has 0 saturated heterocycles. The molecule has 0 saturated carbocycles. The Morgan fingerprint density at radius 2 is 1.17 bits per heavy atom. The van der Waals surface area contributed by atoms with Crippen molar-refractivity contribution in [1.29, 1.82) is 0 Å². The molecule has 0 aromatic heterocycles. The minimum atomic E-state index is -1.57. The highest BCUT2D eigenvalue weighted by molar-refractivity contribution is 5.94. The molecule has 0 unspecified atom stereocenters. The van der Waals surface area contributed by atoms with Crippen LogP contribution in [-0.2, 0) is 14.3 Å². The number of esters is 1. The zero-order valence-corrected chi connectivity index (χ0v) is 14.9. The first-order valence-corrected chi connectivity index (χ1v) is 7.77. The number of ether oxygens (including phenoxy) is 1. The summed E-state index contributed by atoms with van der Waals surface area (Å²) in [5.74, 6) is -1.71. The fourth-order valence-electron chi connectivity index (χ4n) is 2.65. The third-order valence-corrected chi connectivity index (χ3v) is 3.44. The number of carbonyl (C=O) groups is 2. The van der Waals surface area contributed by atoms with Crippen molar-refractivity contribution in [3.05, 3.63) is 48.6 Å². The van der Waals surface area contributed by atoms with Gasteiger partial charge in [0.2, 0.25) is 0 Å². The first-order chi connectivity index (χ1) is 10.8. The Hall–Kier alpha value is -2.10. The number of allylic oxidation sites excluding steroid dienone is 4. The van der Waals surface area contributed by atoms with E-state index < -0.39 is 22.8 Å². The van der Waals surface area contributed by atoms with Crippen molar-refractivity contribution in [2.75, 3.05) is 0 Å². The van der Waals surface area contributed by atoms with Gasteiger partial charge in [-0.1, -0.05) is 48.6 Å². The predicted octanol–water partition coefficient (Wildman–Crippen LogP) is 4.30. The van der Waals surface area contributed by atoms with Gasteiger partial charge in [-0.15, -0.1) is 0 Å². The first kappa shape index (κ1) is 20.9. The van der Waals surface area contributed by atoms with Gasteiger partial charge >= 0.3 is 11.9 Å². The zero-order chi connectivity index (χ0) is 18.1. The minimum Gasteiger partial charge on any atom is -0.480 e. The second kappa shape index (κ2) is 9.13. The van der Waals surface area contributed by atoms with Crippen LogP contribution < -0.4 is 0 Å². The topological polar surface area (TPSA) is 63.6 Å². The molecular formula is C19H28O4. The smallest absolute Gasteiger partial charge is 0.321 e. The van der Waals surface area contributed by atoms with Crippen LogP contribution in [0.5, 0.6) is 0 Å². The Morgan fingerprint density at radius 3 is 1.43 bits per heavy atom. The van der Waals surface area contributed by atoms with Gasteiger partial charge < -0.3 is 9.84 Å². The van der Waals surface area contributed by atoms with Crippen LogP contribution in [-0.4, -0.2) is 23.1 Å². The number of hydrogen-bond donors (Lipinski definition) is 1. The van der Waals surface area contributed by atoms with Gasteiger partial charge in [0, 0.05) is 0 Å². The Morgan fingerprint density at radius 1 is 0.826 bits per heavy atom. The van der Waals surface area contributed by atoms with Crippen molar-refractivity contribution < 1.29 is 19.4 Å². The van der Waals surface area contributed by atoms with Gasteiger partial charge in [-0.25, -0.2) is 0 Å². The maximum atomic E-state index is 12.9. The average molecular weight is 320 g/mol. The van der Waals surface area contributed by atoms with E-state index in [1.54, 1.807) is 78.0 Å². The number of rotatable bonds is 8. The summed E-state index contributed by atoms with van der Waals surface area (Å²) < 4.78 is 5.40. The van der Waals surface area contributed by atoms with E-state index in [4.69, 9.17) is 4.74 Å². The maximum Gasteiger partial charge on any atom is 0.321 e. The van der Waals surface area contributed by atoms with Crippen molar-refractivity contribution in [2.45, 2.75) is 47.6 Å². The predicted molar refractivity (Wildman–Crippen MR) is 93.0 cm³/mol. The lowest BCUT2D eigenvalue weighted by molar-refractivity contribution is -0.165. The summed E-state index contributed by atoms with van der Waals surface area (Å²) in [5.41, 5.74) is -3.03. The molecule has 4 nitrogen and oxygen atoms in total. The lowest BCUT2D eigenvalue weighted by Crippen LogP contribution is -2.49. The van der Waals surface area contributed by atoms with Gasteiger partial charge in [0.05, 0.1) is 6.10 Å². The molecule has 0 spiro atoms. The minimum absolute atomic E-state index is 0.347. The molecule has 1 N–H and O–H groups in total. The van der Waals surface area contributed by atoms with Crippen LogP contribution >= 0.6 is 0 Å². The van der Waals surface area contributed by atoms with Gasteiger partial charge in [-0.05, 0) is 41.5 Å². The molecule has 0 bridgehead atoms. The highest BCUT2D eigenvalue weighted by Crippen LogP contribution is 2.47. The van der Waals surface area contributed by atoms with Crippen LogP contribution in [0.4, 0.5) is 0 Å². The molecule has 0 heterocycles. The summed E-state index contributed by atoms with van der Waals surface area (Å²) in [7, 11) is 0. The third kappa shape index (κ3) is 4.21. The number of carbonyl (C=O) groups excluding carboxylic acids is 1. The van der Waals surface area contributed by atoms with Crippen molar-refractivity contribution in [3.63, 3.8) is 0 Å². The number of carboxylic acids is 1. The van der Waals surface area contributed by atoms with Gasteiger partial charge in [0.1, 0.15) is 10.8 Å². The van der Waals surface area contributed by atoms with Crippen molar-refractivity contribution in [3.8, 4) is 0 Å². The number of aliphatic carboxylic acids is 1. The van der Waals surface area contributed by atoms with E-state index in [9.17, 15) is 14.7 Å². The fourth-order valence-corrected chi connectivity index (χ4v) is 2.65. The fraction of sp³-hybridized carbons (Fsp3) is 0.474. The van der Waals surface area contributed by atoms with E-state index in [1.165, 1.54) is 12.2 Å². The van der Waals surface area contributed by atoms with Crippen molar-refractivity contribution in [2.24, 2.45) is 10.8 Å². The molecule has 0 fully saturated rings. The molecule has 0 radical (unpaired) electrons. The lowest BCUT2D eigenvalue weighted by atomic mass is 9.62. The second-order valence-corrected chi connectivity index (χ2v) is 5.50. The molecule has 128 valence electrons. The lowest BCUT2D eigenvalue weighted by Gasteiger charge is -2.39. The molecule has 0 amide bonds. The molecule has 0 aliphatic rings. The molecule has 0 aliphatic carbocycles. The summed E-state index contributed by atoms with van der Waals surface area (Å²) in [6, 6.07) is 0. The molecule has 0 rings (SSSR count). The first-order valence-electron chi connectivity index (χ1n) is 7.77. The maximum absolute atomic E-state index is 12.9. The van der Waals surface area contributed by atoms with Gasteiger partial charge in [0.25, 0.3) is 0 Å². The van der Waals surface area contributed by atoms with E-state index in [2.05, 4.69) is 0 Å². The van der Waals surface area contributed by atoms with Crippen LogP contribution in [0.25, 0.3) is 0 Å². The largest absolute Gasteiger partial charge is 0.480 e. The standard InChI is InChI=1S/C19H28O4/c1-7-11-18(12-8-2,16(20)21)19(13-9-3,14-10-4)17(22)23-15(5)6/h7-15H,1-6H3,(H,20,21). The van der Waals surface area contributed by atoms with E-state index in [0.29, 0.717) is 0 Å². The molecular weight excluding hydrogens is 292 g/mol. The van der Waals surface area contributed by atoms with E-state index in [-0.39, 0.29) is 6.10 Å². The van der Waals surface area contributed by atoms with E-state index >= 15 is 0 Å². The quantitative estimate of drug-likeness (QED) is 0.535. The summed E-state index contributed by atoms with van der Waals surface area (Å²) in [6.07, 6.45) is 12.5. The zero-order valence-electron chi connectivity index (χ0n) is 14.9. The van der Waals surface area contributed by atoms with Gasteiger partial charge in [-0.2, -0.15) is 0 Å². The number of carboxylic acid groups (broad SMARTS) is 1. The van der Waals surface area contributed by atoms with Crippen molar-refractivity contribution >= 4 is 11.9 Å². The van der Waals surface area contributed by atoms with Crippen molar-refractivity contribution in [1.82, 2.24) is 0 Å². The second-order valence-electron chi connectivity index (χ2n) is 5.50. The molecule has 4 heteroatoms.